The van der Waals surface area contributed by atoms with Gasteiger partial charge in [-0.15, -0.1) is 11.3 Å². The Morgan fingerprint density at radius 1 is 1.09 bits per heavy atom. The van der Waals surface area contributed by atoms with Crippen molar-refractivity contribution in [2.75, 3.05) is 32.1 Å². The topological polar surface area (TPSA) is 156 Å². The summed E-state index contributed by atoms with van der Waals surface area (Å²) in [7, 11) is 0. The van der Waals surface area contributed by atoms with Crippen LogP contribution in [0.2, 0.25) is 0 Å². The van der Waals surface area contributed by atoms with Crippen molar-refractivity contribution in [2.45, 2.75) is 71.7 Å². The smallest absolute Gasteiger partial charge is 0.246 e. The fourth-order valence-electron chi connectivity index (χ4n) is 5.20. The number of aryl methyl sites for hydroxylation is 1. The van der Waals surface area contributed by atoms with Gasteiger partial charge in [0.05, 0.1) is 35.4 Å². The van der Waals surface area contributed by atoms with Crippen LogP contribution in [0.5, 0.6) is 5.75 Å². The third-order valence-corrected chi connectivity index (χ3v) is 8.74. The molecule has 3 aromatic rings. The molecule has 1 saturated heterocycles. The lowest BCUT2D eigenvalue weighted by molar-refractivity contribution is -0.144. The second-order valence-corrected chi connectivity index (χ2v) is 13.4. The Morgan fingerprint density at radius 2 is 1.80 bits per heavy atom. The zero-order chi connectivity index (χ0) is 33.3. The number of nitrogens with zero attached hydrogens (tertiary/aromatic N) is 2. The van der Waals surface area contributed by atoms with Crippen LogP contribution in [0.25, 0.3) is 10.4 Å². The van der Waals surface area contributed by atoms with Crippen molar-refractivity contribution in [1.82, 2.24) is 20.5 Å². The van der Waals surface area contributed by atoms with Crippen molar-refractivity contribution in [2.24, 2.45) is 5.41 Å². The summed E-state index contributed by atoms with van der Waals surface area (Å²) in [6.07, 6.45) is 0.0117. The van der Waals surface area contributed by atoms with E-state index in [0.717, 1.165) is 27.4 Å². The van der Waals surface area contributed by atoms with Gasteiger partial charge in [-0.2, -0.15) is 0 Å². The normalized spacial score (nSPS) is 17.0. The second kappa shape index (κ2) is 16.0. The number of amides is 3. The first kappa shape index (κ1) is 34.9. The maximum atomic E-state index is 13.8. The standard InChI is InChI=1S/C34H45N5O6S/c1-22-30(46-21-37-22)24-8-6-23(7-9-24)19-36-32(42)28-18-26(40)20-39(28)33(43)31(34(2,3)4)38-29(41)14-17-44-15-5-16-45-27-12-10-25(35)11-13-27/h6-13,21,26,28,31,40H,5,14-20,35H2,1-4H3,(H,36,42)(H,38,41)/t26-,28+,31-/m1/s1. The second-order valence-electron chi connectivity index (χ2n) is 12.6. The lowest BCUT2D eigenvalue weighted by Crippen LogP contribution is -2.57. The molecule has 1 aliphatic heterocycles. The van der Waals surface area contributed by atoms with Crippen molar-refractivity contribution in [3.8, 4) is 16.2 Å². The average Bonchev–Trinajstić information content (AvgIpc) is 3.63. The van der Waals surface area contributed by atoms with Gasteiger partial charge in [0.1, 0.15) is 17.8 Å². The van der Waals surface area contributed by atoms with E-state index in [4.69, 9.17) is 15.2 Å². The molecule has 0 saturated carbocycles. The minimum atomic E-state index is -0.892. The number of benzene rings is 2. The number of anilines is 1. The van der Waals surface area contributed by atoms with Crippen molar-refractivity contribution < 1.29 is 29.0 Å². The highest BCUT2D eigenvalue weighted by Gasteiger charge is 2.44. The zero-order valence-corrected chi connectivity index (χ0v) is 27.8. The van der Waals surface area contributed by atoms with E-state index in [2.05, 4.69) is 15.6 Å². The summed E-state index contributed by atoms with van der Waals surface area (Å²) in [5.41, 5.74) is 10.5. The van der Waals surface area contributed by atoms with E-state index in [0.29, 0.717) is 25.3 Å². The molecule has 0 radical (unpaired) electrons. The van der Waals surface area contributed by atoms with E-state index in [1.165, 1.54) is 4.90 Å². The number of nitrogens with one attached hydrogen (secondary N) is 2. The van der Waals surface area contributed by atoms with Crippen LogP contribution in [0.1, 0.15) is 51.3 Å². The molecular weight excluding hydrogens is 606 g/mol. The highest BCUT2D eigenvalue weighted by molar-refractivity contribution is 7.13. The predicted octanol–water partition coefficient (Wildman–Crippen LogP) is 3.69. The largest absolute Gasteiger partial charge is 0.494 e. The maximum Gasteiger partial charge on any atom is 0.246 e. The third kappa shape index (κ3) is 9.75. The van der Waals surface area contributed by atoms with Crippen LogP contribution in [0.3, 0.4) is 0 Å². The minimum absolute atomic E-state index is 0.0177. The number of carbonyl (C=O) groups is 3. The third-order valence-electron chi connectivity index (χ3n) is 7.77. The number of thiazole rings is 1. The molecule has 2 aromatic carbocycles. The molecule has 3 amide bonds. The van der Waals surface area contributed by atoms with Gasteiger partial charge in [-0.3, -0.25) is 14.4 Å². The van der Waals surface area contributed by atoms with E-state index >= 15 is 0 Å². The minimum Gasteiger partial charge on any atom is -0.494 e. The van der Waals surface area contributed by atoms with Crippen molar-refractivity contribution >= 4 is 34.7 Å². The fraction of sp³-hybridized carbons (Fsp3) is 0.471. The lowest BCUT2D eigenvalue weighted by atomic mass is 9.85. The summed E-state index contributed by atoms with van der Waals surface area (Å²) in [5.74, 6) is -0.351. The summed E-state index contributed by atoms with van der Waals surface area (Å²) in [6.45, 7) is 8.90. The Labute approximate surface area is 274 Å². The number of aliphatic hydroxyl groups excluding tert-OH is 1. The SMILES string of the molecule is Cc1ncsc1-c1ccc(CNC(=O)[C@@H]2C[C@@H](O)CN2C(=O)[C@@H](NC(=O)CCOCCCOc2ccc(N)cc2)C(C)(C)C)cc1. The molecule has 1 fully saturated rings. The van der Waals surface area contributed by atoms with Crippen LogP contribution >= 0.6 is 11.3 Å². The quantitative estimate of drug-likeness (QED) is 0.152. The zero-order valence-electron chi connectivity index (χ0n) is 27.0. The molecule has 4 rings (SSSR count). The number of aliphatic hydroxyl groups is 1. The van der Waals surface area contributed by atoms with Gasteiger partial charge in [0.25, 0.3) is 0 Å². The Hall–Kier alpha value is -4.00. The Kier molecular flexibility index (Phi) is 12.1. The van der Waals surface area contributed by atoms with E-state index in [9.17, 15) is 19.5 Å². The highest BCUT2D eigenvalue weighted by atomic mass is 32.1. The molecule has 0 bridgehead atoms. The molecule has 46 heavy (non-hydrogen) atoms. The number of rotatable bonds is 14. The van der Waals surface area contributed by atoms with Crippen LogP contribution in [-0.4, -0.2) is 77.3 Å². The van der Waals surface area contributed by atoms with Crippen LogP contribution in [-0.2, 0) is 25.7 Å². The number of hydrogen-bond acceptors (Lipinski definition) is 9. The number of likely N-dealkylation sites (tertiary alicyclic amines) is 1. The Morgan fingerprint density at radius 3 is 2.46 bits per heavy atom. The predicted molar refractivity (Wildman–Crippen MR) is 178 cm³/mol. The van der Waals surface area contributed by atoms with Crippen molar-refractivity contribution in [3.63, 3.8) is 0 Å². The summed E-state index contributed by atoms with van der Waals surface area (Å²) < 4.78 is 11.2. The number of β-amino-alcohol motifs (C(OH)–C–C–N with tert-alkyl or cyclic N) is 1. The summed E-state index contributed by atoms with van der Waals surface area (Å²) in [5, 5.41) is 16.2. The number of hydrogen-bond donors (Lipinski definition) is 4. The van der Waals surface area contributed by atoms with Gasteiger partial charge in [-0.05, 0) is 47.7 Å². The molecule has 0 aliphatic carbocycles. The molecule has 3 atom stereocenters. The molecule has 11 nitrogen and oxygen atoms in total. The number of nitrogen functional groups attached to an aromatic ring is 1. The van der Waals surface area contributed by atoms with Gasteiger partial charge >= 0.3 is 0 Å². The van der Waals surface area contributed by atoms with Crippen LogP contribution in [0, 0.1) is 12.3 Å². The average molecular weight is 652 g/mol. The first-order chi connectivity index (χ1) is 21.9. The summed E-state index contributed by atoms with van der Waals surface area (Å²) >= 11 is 1.58. The molecular formula is C34H45N5O6S. The number of carbonyl (C=O) groups excluding carboxylic acids is 3. The van der Waals surface area contributed by atoms with Gasteiger partial charge in [0, 0.05) is 44.6 Å². The number of nitrogens with two attached hydrogens (primary N) is 1. The van der Waals surface area contributed by atoms with E-state index < -0.39 is 29.5 Å². The molecule has 1 aliphatic rings. The molecule has 0 spiro atoms. The first-order valence-electron chi connectivity index (χ1n) is 15.5. The molecule has 1 aromatic heterocycles. The van der Waals surface area contributed by atoms with Gasteiger partial charge in [-0.25, -0.2) is 4.98 Å². The summed E-state index contributed by atoms with van der Waals surface area (Å²) in [6, 6.07) is 13.3. The van der Waals surface area contributed by atoms with E-state index in [1.807, 2.05) is 57.5 Å². The molecule has 248 valence electrons. The first-order valence-corrected chi connectivity index (χ1v) is 16.4. The molecule has 2 heterocycles. The van der Waals surface area contributed by atoms with Gasteiger partial charge in [0.15, 0.2) is 0 Å². The highest BCUT2D eigenvalue weighted by Crippen LogP contribution is 2.28. The fourth-order valence-corrected chi connectivity index (χ4v) is 6.01. The molecule has 12 heteroatoms. The summed E-state index contributed by atoms with van der Waals surface area (Å²) in [4.78, 5) is 46.7. The van der Waals surface area contributed by atoms with Gasteiger partial charge < -0.3 is 35.8 Å². The van der Waals surface area contributed by atoms with Crippen LogP contribution < -0.4 is 21.1 Å². The van der Waals surface area contributed by atoms with Crippen molar-refractivity contribution in [3.05, 3.63) is 65.3 Å². The Bertz CT molecular complexity index is 1450. The number of ether oxygens (including phenoxy) is 2. The maximum absolute atomic E-state index is 13.8. The van der Waals surface area contributed by atoms with E-state index in [-0.39, 0.29) is 44.4 Å². The molecule has 0 unspecified atom stereocenters. The van der Waals surface area contributed by atoms with Gasteiger partial charge in [-0.1, -0.05) is 45.0 Å². The van der Waals surface area contributed by atoms with Crippen LogP contribution in [0.15, 0.2) is 54.0 Å². The monoisotopic (exact) mass is 651 g/mol. The lowest BCUT2D eigenvalue weighted by Gasteiger charge is -2.35. The Balaban J connectivity index is 1.25. The van der Waals surface area contributed by atoms with Gasteiger partial charge in [0.2, 0.25) is 17.7 Å². The number of aromatic nitrogens is 1. The molecule has 5 N–H and O–H groups in total. The van der Waals surface area contributed by atoms with Crippen molar-refractivity contribution in [1.29, 1.82) is 0 Å². The van der Waals surface area contributed by atoms with E-state index in [1.54, 1.807) is 35.6 Å². The van der Waals surface area contributed by atoms with Crippen LogP contribution in [0.4, 0.5) is 5.69 Å².